The van der Waals surface area contributed by atoms with Crippen molar-refractivity contribution < 1.29 is 18.7 Å². The van der Waals surface area contributed by atoms with Crippen LogP contribution in [0.4, 0.5) is 4.39 Å². The van der Waals surface area contributed by atoms with Crippen molar-refractivity contribution >= 4 is 12.1 Å². The zero-order valence-electron chi connectivity index (χ0n) is 9.72. The molecule has 0 saturated heterocycles. The van der Waals surface area contributed by atoms with Crippen LogP contribution in [0.5, 0.6) is 0 Å². The highest BCUT2D eigenvalue weighted by Crippen LogP contribution is 2.33. The second kappa shape index (κ2) is 4.66. The Bertz CT molecular complexity index is 542. The third-order valence-electron chi connectivity index (χ3n) is 2.92. The van der Waals surface area contributed by atoms with Gasteiger partial charge in [0.2, 0.25) is 0 Å². The molecule has 2 rings (SSSR count). The number of halogens is 1. The number of hydrogen-bond acceptors (Lipinski definition) is 3. The maximum Gasteiger partial charge on any atom is 0.178 e. The minimum Gasteiger partial charge on any atom is -0.365 e. The molecule has 0 aliphatic heterocycles. The Morgan fingerprint density at radius 1 is 1.28 bits per heavy atom. The first-order valence-corrected chi connectivity index (χ1v) is 5.35. The molecule has 1 aromatic carbocycles. The molecule has 0 unspecified atom stereocenters. The van der Waals surface area contributed by atoms with Crippen molar-refractivity contribution in [3.8, 4) is 0 Å². The number of aldehydes is 1. The van der Waals surface area contributed by atoms with Crippen LogP contribution in [0, 0.1) is 5.82 Å². The van der Waals surface area contributed by atoms with Crippen LogP contribution in [0.15, 0.2) is 42.5 Å². The van der Waals surface area contributed by atoms with Crippen molar-refractivity contribution in [1.29, 1.82) is 0 Å². The van der Waals surface area contributed by atoms with Gasteiger partial charge in [0.1, 0.15) is 11.4 Å². The molecule has 0 heterocycles. The molecule has 1 aliphatic rings. The summed E-state index contributed by atoms with van der Waals surface area (Å²) in [7, 11) is 1.43. The van der Waals surface area contributed by atoms with Crippen LogP contribution in [0.1, 0.15) is 15.9 Å². The van der Waals surface area contributed by atoms with E-state index in [0.29, 0.717) is 11.8 Å². The largest absolute Gasteiger partial charge is 0.365 e. The van der Waals surface area contributed by atoms with Gasteiger partial charge < -0.3 is 4.74 Å². The van der Waals surface area contributed by atoms with Gasteiger partial charge in [-0.2, -0.15) is 0 Å². The molecule has 0 saturated carbocycles. The van der Waals surface area contributed by atoms with Crippen molar-refractivity contribution in [2.75, 3.05) is 7.11 Å². The Balaban J connectivity index is 2.62. The van der Waals surface area contributed by atoms with E-state index in [1.807, 2.05) is 0 Å². The highest BCUT2D eigenvalue weighted by atomic mass is 19.1. The molecular weight excluding hydrogens is 235 g/mol. The molecule has 0 radical (unpaired) electrons. The van der Waals surface area contributed by atoms with E-state index in [9.17, 15) is 14.0 Å². The van der Waals surface area contributed by atoms with Crippen molar-refractivity contribution in [2.24, 2.45) is 0 Å². The fourth-order valence-electron chi connectivity index (χ4n) is 1.95. The van der Waals surface area contributed by atoms with Gasteiger partial charge in [0.15, 0.2) is 12.1 Å². The van der Waals surface area contributed by atoms with E-state index in [0.717, 1.165) is 0 Å². The van der Waals surface area contributed by atoms with Crippen LogP contribution in [-0.4, -0.2) is 19.2 Å². The zero-order chi connectivity index (χ0) is 13.2. The third-order valence-corrected chi connectivity index (χ3v) is 2.92. The topological polar surface area (TPSA) is 43.4 Å². The molecule has 1 aliphatic carbocycles. The van der Waals surface area contributed by atoms with Crippen LogP contribution in [-0.2, 0) is 15.1 Å². The zero-order valence-corrected chi connectivity index (χ0v) is 9.72. The first-order chi connectivity index (χ1) is 8.63. The van der Waals surface area contributed by atoms with E-state index >= 15 is 0 Å². The predicted molar refractivity (Wildman–Crippen MR) is 63.8 cm³/mol. The Labute approximate surface area is 104 Å². The van der Waals surface area contributed by atoms with E-state index in [1.165, 1.54) is 43.5 Å². The van der Waals surface area contributed by atoms with E-state index < -0.39 is 11.4 Å². The third kappa shape index (κ3) is 1.91. The molecule has 18 heavy (non-hydrogen) atoms. The standard InChI is InChI=1S/C14H11FO3/c1-18-14(7-5-10(17)6-8-14)12-3-2-4-13(15)11(12)9-16/h2-9H,1H3. The fraction of sp³-hybridized carbons (Fsp3) is 0.143. The quantitative estimate of drug-likeness (QED) is 0.768. The number of ketones is 1. The summed E-state index contributed by atoms with van der Waals surface area (Å²) < 4.78 is 18.9. The van der Waals surface area contributed by atoms with Crippen LogP contribution < -0.4 is 0 Å². The summed E-state index contributed by atoms with van der Waals surface area (Å²) in [6.07, 6.45) is 6.14. The van der Waals surface area contributed by atoms with Gasteiger partial charge in [-0.25, -0.2) is 4.39 Å². The molecule has 92 valence electrons. The van der Waals surface area contributed by atoms with E-state index in [1.54, 1.807) is 6.07 Å². The average molecular weight is 246 g/mol. The molecule has 0 N–H and O–H groups in total. The van der Waals surface area contributed by atoms with Crippen LogP contribution in [0.3, 0.4) is 0 Å². The minimum absolute atomic E-state index is 0.0667. The lowest BCUT2D eigenvalue weighted by Crippen LogP contribution is -2.27. The number of methoxy groups -OCH3 is 1. The van der Waals surface area contributed by atoms with Crippen LogP contribution in [0.2, 0.25) is 0 Å². The molecule has 0 bridgehead atoms. The smallest absolute Gasteiger partial charge is 0.178 e. The summed E-state index contributed by atoms with van der Waals surface area (Å²) in [6.45, 7) is 0. The summed E-state index contributed by atoms with van der Waals surface area (Å²) in [5, 5.41) is 0. The van der Waals surface area contributed by atoms with Gasteiger partial charge in [0.05, 0.1) is 5.56 Å². The van der Waals surface area contributed by atoms with Gasteiger partial charge in [-0.15, -0.1) is 0 Å². The Kier molecular flexibility index (Phi) is 3.21. The summed E-state index contributed by atoms with van der Waals surface area (Å²) in [4.78, 5) is 22.1. The molecule has 0 aromatic heterocycles. The van der Waals surface area contributed by atoms with Crippen molar-refractivity contribution in [2.45, 2.75) is 5.60 Å². The summed E-state index contributed by atoms with van der Waals surface area (Å²) >= 11 is 0. The number of allylic oxidation sites excluding steroid dienone is 2. The van der Waals surface area contributed by atoms with Gasteiger partial charge in [0, 0.05) is 12.7 Å². The van der Waals surface area contributed by atoms with E-state index in [-0.39, 0.29) is 11.3 Å². The Hall–Kier alpha value is -2.07. The highest BCUT2D eigenvalue weighted by molar-refractivity contribution is 6.00. The normalized spacial score (nSPS) is 16.9. The number of carbonyl (C=O) groups is 2. The predicted octanol–water partition coefficient (Wildman–Crippen LogP) is 2.17. The van der Waals surface area contributed by atoms with Crippen LogP contribution >= 0.6 is 0 Å². The van der Waals surface area contributed by atoms with Crippen LogP contribution in [0.25, 0.3) is 0 Å². The fourth-order valence-corrected chi connectivity index (χ4v) is 1.95. The van der Waals surface area contributed by atoms with E-state index in [4.69, 9.17) is 4.74 Å². The summed E-state index contributed by atoms with van der Waals surface area (Å²) in [6, 6.07) is 4.30. The van der Waals surface area contributed by atoms with Gasteiger partial charge in [-0.05, 0) is 30.4 Å². The SMILES string of the molecule is COC1(c2cccc(F)c2C=O)C=CC(=O)C=C1. The lowest BCUT2D eigenvalue weighted by Gasteiger charge is -2.29. The molecule has 0 amide bonds. The van der Waals surface area contributed by atoms with Crippen molar-refractivity contribution in [3.05, 3.63) is 59.4 Å². The summed E-state index contributed by atoms with van der Waals surface area (Å²) in [5.41, 5.74) is -0.769. The second-order valence-electron chi connectivity index (χ2n) is 3.89. The molecule has 4 heteroatoms. The minimum atomic E-state index is -1.08. The average Bonchev–Trinajstić information content (AvgIpc) is 2.40. The maximum atomic E-state index is 13.6. The molecule has 3 nitrogen and oxygen atoms in total. The van der Waals surface area contributed by atoms with Gasteiger partial charge in [0.25, 0.3) is 0 Å². The molecule has 0 spiro atoms. The molecule has 0 atom stereocenters. The maximum absolute atomic E-state index is 13.6. The number of ether oxygens (including phenoxy) is 1. The first kappa shape index (κ1) is 12.4. The second-order valence-corrected chi connectivity index (χ2v) is 3.89. The molecular formula is C14H11FO3. The number of rotatable bonds is 3. The summed E-state index contributed by atoms with van der Waals surface area (Å²) in [5.74, 6) is -0.788. The monoisotopic (exact) mass is 246 g/mol. The van der Waals surface area contributed by atoms with Gasteiger partial charge in [-0.3, -0.25) is 9.59 Å². The molecule has 0 fully saturated rings. The highest BCUT2D eigenvalue weighted by Gasteiger charge is 2.31. The number of carbonyl (C=O) groups excluding carboxylic acids is 2. The van der Waals surface area contributed by atoms with Crippen molar-refractivity contribution in [1.82, 2.24) is 0 Å². The lowest BCUT2D eigenvalue weighted by molar-refractivity contribution is -0.110. The number of hydrogen-bond donors (Lipinski definition) is 0. The van der Waals surface area contributed by atoms with E-state index in [2.05, 4.69) is 0 Å². The lowest BCUT2D eigenvalue weighted by atomic mass is 9.86. The van der Waals surface area contributed by atoms with Gasteiger partial charge in [-0.1, -0.05) is 12.1 Å². The first-order valence-electron chi connectivity index (χ1n) is 5.35. The van der Waals surface area contributed by atoms with Crippen molar-refractivity contribution in [3.63, 3.8) is 0 Å². The Morgan fingerprint density at radius 3 is 2.50 bits per heavy atom. The number of benzene rings is 1. The Morgan fingerprint density at radius 2 is 1.94 bits per heavy atom. The van der Waals surface area contributed by atoms with Gasteiger partial charge >= 0.3 is 0 Å². The molecule has 1 aromatic rings.